The molecular formula is C14H18N4O5S2. The first-order chi connectivity index (χ1) is 11.8. The number of aromatic nitrogens is 3. The molecule has 0 aromatic carbocycles. The molecule has 3 N–H and O–H groups in total. The van der Waals surface area contributed by atoms with Gasteiger partial charge in [-0.3, -0.25) is 14.2 Å². The maximum absolute atomic E-state index is 12.6. The van der Waals surface area contributed by atoms with E-state index in [-0.39, 0.29) is 17.2 Å². The van der Waals surface area contributed by atoms with Crippen LogP contribution in [0.3, 0.4) is 0 Å². The lowest BCUT2D eigenvalue weighted by molar-refractivity contribution is -0.141. The first-order valence-electron chi connectivity index (χ1n) is 7.52. The first kappa shape index (κ1) is 18.1. The fourth-order valence-corrected chi connectivity index (χ4v) is 4.84. The number of aryl methyl sites for hydroxylation is 1. The van der Waals surface area contributed by atoms with E-state index in [9.17, 15) is 14.7 Å². The molecule has 2 aromatic rings. The fourth-order valence-electron chi connectivity index (χ4n) is 2.65. The molecule has 1 aliphatic heterocycles. The lowest BCUT2D eigenvalue weighted by atomic mass is 10.2. The zero-order valence-electron chi connectivity index (χ0n) is 13.8. The molecule has 0 radical (unpaired) electrons. The molecule has 0 unspecified atom stereocenters. The van der Waals surface area contributed by atoms with Crippen LogP contribution in [0.15, 0.2) is 4.79 Å². The van der Waals surface area contributed by atoms with E-state index in [0.717, 1.165) is 11.3 Å². The Bertz CT molecular complexity index is 865. The van der Waals surface area contributed by atoms with E-state index in [0.29, 0.717) is 16.0 Å². The third-order valence-electron chi connectivity index (χ3n) is 3.79. The minimum atomic E-state index is -0.766. The van der Waals surface area contributed by atoms with Gasteiger partial charge in [-0.2, -0.15) is 4.98 Å². The summed E-state index contributed by atoms with van der Waals surface area (Å²) in [5.41, 5.74) is 6.12. The summed E-state index contributed by atoms with van der Waals surface area (Å²) in [7, 11) is 1.30. The van der Waals surface area contributed by atoms with E-state index >= 15 is 0 Å². The van der Waals surface area contributed by atoms with Gasteiger partial charge in [0, 0.05) is 0 Å². The molecule has 4 atom stereocenters. The van der Waals surface area contributed by atoms with E-state index in [1.165, 1.54) is 23.4 Å². The van der Waals surface area contributed by atoms with Crippen LogP contribution in [0.4, 0.5) is 5.95 Å². The topological polar surface area (TPSA) is 130 Å². The van der Waals surface area contributed by atoms with Crippen LogP contribution < -0.4 is 10.6 Å². The Hall–Kier alpha value is -1.69. The molecule has 1 saturated heterocycles. The molecule has 2 aromatic heterocycles. The Kier molecular flexibility index (Phi) is 5.00. The highest BCUT2D eigenvalue weighted by molar-refractivity contribution is 8.00. The molecule has 1 aliphatic rings. The summed E-state index contributed by atoms with van der Waals surface area (Å²) >= 11 is 2.29. The standard InChI is InChI=1S/C14H18N4O5S2/c1-5-9-10(17-13(15)16-5)18(14(21)25-9)11-7(4-8(20)22-3)24-12(23-11)6(2)19/h6-7,11-12,19H,4H2,1-3H3,(H2,15,16,17)/t6-,7-,11+,12-/m0/s1. The number of nitrogens with two attached hydrogens (primary N) is 1. The van der Waals surface area contributed by atoms with Crippen LogP contribution in [0.1, 0.15) is 25.3 Å². The maximum Gasteiger partial charge on any atom is 0.311 e. The Balaban J connectivity index is 2.08. The van der Waals surface area contributed by atoms with Crippen molar-refractivity contribution in [2.24, 2.45) is 0 Å². The average Bonchev–Trinajstić information content (AvgIpc) is 3.08. The van der Waals surface area contributed by atoms with Crippen molar-refractivity contribution < 1.29 is 19.4 Å². The average molecular weight is 386 g/mol. The highest BCUT2D eigenvalue weighted by Crippen LogP contribution is 2.43. The maximum atomic E-state index is 12.6. The van der Waals surface area contributed by atoms with Crippen LogP contribution in [-0.4, -0.2) is 49.5 Å². The van der Waals surface area contributed by atoms with Crippen LogP contribution >= 0.6 is 23.1 Å². The van der Waals surface area contributed by atoms with E-state index in [1.54, 1.807) is 13.8 Å². The normalized spacial score (nSPS) is 24.6. The second-order valence-corrected chi connectivity index (χ2v) is 7.95. The molecule has 0 amide bonds. The zero-order valence-corrected chi connectivity index (χ0v) is 15.5. The number of methoxy groups -OCH3 is 1. The number of nitrogens with zero attached hydrogens (tertiary/aromatic N) is 3. The van der Waals surface area contributed by atoms with Crippen LogP contribution in [0.25, 0.3) is 10.3 Å². The van der Waals surface area contributed by atoms with Gasteiger partial charge in [-0.05, 0) is 13.8 Å². The Morgan fingerprint density at radius 1 is 1.52 bits per heavy atom. The van der Waals surface area contributed by atoms with E-state index in [4.69, 9.17) is 15.2 Å². The van der Waals surface area contributed by atoms with Crippen molar-refractivity contribution in [2.45, 2.75) is 43.3 Å². The van der Waals surface area contributed by atoms with E-state index in [2.05, 4.69) is 9.97 Å². The number of aliphatic hydroxyl groups excluding tert-OH is 1. The minimum Gasteiger partial charge on any atom is -0.469 e. The molecule has 3 rings (SSSR count). The minimum absolute atomic E-state index is 0.0401. The molecule has 11 heteroatoms. The van der Waals surface area contributed by atoms with Crippen LogP contribution in [0, 0.1) is 6.92 Å². The summed E-state index contributed by atoms with van der Waals surface area (Å²) in [4.78, 5) is 32.3. The predicted octanol–water partition coefficient (Wildman–Crippen LogP) is 0.644. The predicted molar refractivity (Wildman–Crippen MR) is 94.4 cm³/mol. The lowest BCUT2D eigenvalue weighted by Gasteiger charge is -2.18. The third kappa shape index (κ3) is 3.36. The highest BCUT2D eigenvalue weighted by Gasteiger charge is 2.42. The van der Waals surface area contributed by atoms with Crippen molar-refractivity contribution in [1.29, 1.82) is 0 Å². The van der Waals surface area contributed by atoms with Gasteiger partial charge in [0.15, 0.2) is 11.9 Å². The largest absolute Gasteiger partial charge is 0.469 e. The quantitative estimate of drug-likeness (QED) is 0.727. The molecule has 0 spiro atoms. The van der Waals surface area contributed by atoms with E-state index < -0.39 is 29.0 Å². The van der Waals surface area contributed by atoms with Gasteiger partial charge in [0.1, 0.15) is 5.44 Å². The van der Waals surface area contributed by atoms with Gasteiger partial charge < -0.3 is 20.3 Å². The molecular weight excluding hydrogens is 368 g/mol. The van der Waals surface area contributed by atoms with Crippen molar-refractivity contribution in [1.82, 2.24) is 14.5 Å². The molecule has 0 saturated carbocycles. The molecule has 9 nitrogen and oxygen atoms in total. The van der Waals surface area contributed by atoms with Gasteiger partial charge in [-0.1, -0.05) is 11.3 Å². The summed E-state index contributed by atoms with van der Waals surface area (Å²) in [5.74, 6) is -0.367. The number of hydrogen-bond donors (Lipinski definition) is 2. The second kappa shape index (κ2) is 6.90. The van der Waals surface area contributed by atoms with Gasteiger partial charge in [-0.15, -0.1) is 11.8 Å². The van der Waals surface area contributed by atoms with Crippen LogP contribution in [-0.2, 0) is 14.3 Å². The number of rotatable bonds is 4. The molecule has 0 aliphatic carbocycles. The Morgan fingerprint density at radius 2 is 2.24 bits per heavy atom. The lowest BCUT2D eigenvalue weighted by Crippen LogP contribution is -2.29. The number of nitrogen functional groups attached to an aromatic ring is 1. The summed E-state index contributed by atoms with van der Waals surface area (Å²) in [5, 5.41) is 9.45. The molecule has 1 fully saturated rings. The number of thioether (sulfide) groups is 1. The van der Waals surface area contributed by atoms with Crippen molar-refractivity contribution in [3.05, 3.63) is 15.4 Å². The molecule has 0 bridgehead atoms. The summed E-state index contributed by atoms with van der Waals surface area (Å²) in [6.45, 7) is 3.34. The van der Waals surface area contributed by atoms with Gasteiger partial charge in [-0.25, -0.2) is 4.98 Å². The smallest absolute Gasteiger partial charge is 0.311 e. The fraction of sp³-hybridized carbons (Fsp3) is 0.571. The van der Waals surface area contributed by atoms with Crippen LogP contribution in [0.5, 0.6) is 0 Å². The Labute approximate surface area is 151 Å². The van der Waals surface area contributed by atoms with Crippen molar-refractivity contribution in [3.8, 4) is 0 Å². The number of aliphatic hydroxyl groups is 1. The number of esters is 1. The van der Waals surface area contributed by atoms with Crippen LogP contribution in [0.2, 0.25) is 0 Å². The van der Waals surface area contributed by atoms with Crippen molar-refractivity contribution >= 4 is 45.4 Å². The second-order valence-electron chi connectivity index (χ2n) is 5.65. The van der Waals surface area contributed by atoms with Gasteiger partial charge in [0.2, 0.25) is 5.95 Å². The SMILES string of the molecule is COC(=O)C[C@@H]1S[C@@H]([C@H](C)O)O[C@H]1n1c(=O)sc2c(C)nc(N)nc21. The summed E-state index contributed by atoms with van der Waals surface area (Å²) in [6, 6.07) is 0. The van der Waals surface area contributed by atoms with Gasteiger partial charge in [0.25, 0.3) is 0 Å². The monoisotopic (exact) mass is 386 g/mol. The molecule has 3 heterocycles. The number of hydrogen-bond acceptors (Lipinski definition) is 10. The highest BCUT2D eigenvalue weighted by atomic mass is 32.2. The summed E-state index contributed by atoms with van der Waals surface area (Å²) in [6.07, 6.45) is -1.49. The molecule has 136 valence electrons. The number of carbonyl (C=O) groups excluding carboxylic acids is 1. The van der Waals surface area contributed by atoms with Crippen molar-refractivity contribution in [3.63, 3.8) is 0 Å². The molecule has 25 heavy (non-hydrogen) atoms. The van der Waals surface area contributed by atoms with E-state index in [1.807, 2.05) is 0 Å². The Morgan fingerprint density at radius 3 is 2.88 bits per heavy atom. The third-order valence-corrected chi connectivity index (χ3v) is 6.37. The van der Waals surface area contributed by atoms with Gasteiger partial charge >= 0.3 is 10.8 Å². The number of ether oxygens (including phenoxy) is 2. The number of carbonyl (C=O) groups is 1. The number of anilines is 1. The number of thiazole rings is 1. The summed E-state index contributed by atoms with van der Waals surface area (Å²) < 4.78 is 12.6. The van der Waals surface area contributed by atoms with Crippen molar-refractivity contribution in [2.75, 3.05) is 12.8 Å². The zero-order chi connectivity index (χ0) is 18.3. The number of fused-ring (bicyclic) bond motifs is 1. The van der Waals surface area contributed by atoms with Gasteiger partial charge in [0.05, 0.1) is 35.3 Å². The first-order valence-corrected chi connectivity index (χ1v) is 9.28.